The van der Waals surface area contributed by atoms with E-state index in [-0.39, 0.29) is 23.3 Å². The van der Waals surface area contributed by atoms with E-state index < -0.39 is 0 Å². The van der Waals surface area contributed by atoms with Crippen LogP contribution in [0.1, 0.15) is 37.7 Å². The molecule has 2 aliphatic rings. The number of hydrogen-bond acceptors (Lipinski definition) is 4. The molecule has 0 N–H and O–H groups in total. The summed E-state index contributed by atoms with van der Waals surface area (Å²) in [4.78, 5) is 29.0. The molecule has 1 aromatic carbocycles. The Kier molecular flexibility index (Phi) is 6.70. The molecule has 0 radical (unpaired) electrons. The minimum absolute atomic E-state index is 0.0975. The number of hydrogen-bond donors (Lipinski definition) is 0. The monoisotopic (exact) mass is 381 g/mol. The number of benzene rings is 1. The Morgan fingerprint density at radius 2 is 1.79 bits per heavy atom. The van der Waals surface area contributed by atoms with Gasteiger partial charge in [0, 0.05) is 32.1 Å². The second kappa shape index (κ2) is 9.41. The number of amides is 2. The molecule has 6 heteroatoms. The lowest BCUT2D eigenvalue weighted by molar-refractivity contribution is -0.141. The summed E-state index contributed by atoms with van der Waals surface area (Å²) in [6.07, 6.45) is 7.05. The molecule has 148 valence electrons. The first-order valence-corrected chi connectivity index (χ1v) is 9.96. The summed E-state index contributed by atoms with van der Waals surface area (Å²) in [5.74, 6) is 0.779. The molecule has 2 fully saturated rings. The Hall–Kier alpha value is -2.81. The van der Waals surface area contributed by atoms with Gasteiger partial charge in [-0.15, -0.1) is 0 Å². The molecule has 0 atom stereocenters. The van der Waals surface area contributed by atoms with E-state index in [1.54, 1.807) is 24.2 Å². The van der Waals surface area contributed by atoms with E-state index in [9.17, 15) is 14.9 Å². The van der Waals surface area contributed by atoms with Crippen molar-refractivity contribution in [3.8, 4) is 11.8 Å². The topological polar surface area (TPSA) is 73.6 Å². The third-order valence-electron chi connectivity index (χ3n) is 5.59. The first-order chi connectivity index (χ1) is 13.6. The summed E-state index contributed by atoms with van der Waals surface area (Å²) in [6.45, 7) is 2.01. The standard InChI is InChI=1S/C22H27N3O3/c1-28-20-9-5-6-17(15-20)14-19(16-23)22(27)25-12-10-24(11-13-25)21(26)18-7-3-2-4-8-18/h5-6,9,14-15,18H,2-4,7-8,10-13H2,1H3/b19-14+. The van der Waals surface area contributed by atoms with Gasteiger partial charge in [-0.3, -0.25) is 9.59 Å². The van der Waals surface area contributed by atoms with Crippen LogP contribution in [0.2, 0.25) is 0 Å². The molecular formula is C22H27N3O3. The highest BCUT2D eigenvalue weighted by molar-refractivity contribution is 6.01. The third-order valence-corrected chi connectivity index (χ3v) is 5.59. The molecule has 1 aromatic rings. The van der Waals surface area contributed by atoms with Crippen molar-refractivity contribution in [2.75, 3.05) is 33.3 Å². The SMILES string of the molecule is COc1cccc(/C=C(\C#N)C(=O)N2CCN(C(=O)C3CCCCC3)CC2)c1. The van der Waals surface area contributed by atoms with Crippen LogP contribution in [0.4, 0.5) is 0 Å². The maximum Gasteiger partial charge on any atom is 0.264 e. The Balaban J connectivity index is 1.61. The number of ether oxygens (including phenoxy) is 1. The third kappa shape index (κ3) is 4.72. The lowest BCUT2D eigenvalue weighted by Crippen LogP contribution is -2.52. The van der Waals surface area contributed by atoms with Crippen molar-refractivity contribution in [1.82, 2.24) is 9.80 Å². The van der Waals surface area contributed by atoms with E-state index in [0.29, 0.717) is 31.9 Å². The van der Waals surface area contributed by atoms with Gasteiger partial charge < -0.3 is 14.5 Å². The van der Waals surface area contributed by atoms with E-state index in [4.69, 9.17) is 4.74 Å². The van der Waals surface area contributed by atoms with Crippen molar-refractivity contribution in [2.24, 2.45) is 5.92 Å². The molecule has 1 saturated heterocycles. The second-order valence-electron chi connectivity index (χ2n) is 7.40. The molecule has 1 aliphatic carbocycles. The highest BCUT2D eigenvalue weighted by atomic mass is 16.5. The number of nitrogens with zero attached hydrogens (tertiary/aromatic N) is 3. The summed E-state index contributed by atoms with van der Waals surface area (Å²) in [5.41, 5.74) is 0.843. The fraction of sp³-hybridized carbons (Fsp3) is 0.500. The summed E-state index contributed by atoms with van der Waals surface area (Å²) in [6, 6.07) is 9.26. The summed E-state index contributed by atoms with van der Waals surface area (Å²) in [5, 5.41) is 9.46. The maximum absolute atomic E-state index is 12.8. The zero-order valence-corrected chi connectivity index (χ0v) is 16.4. The van der Waals surface area contributed by atoms with Crippen molar-refractivity contribution in [2.45, 2.75) is 32.1 Å². The zero-order valence-electron chi connectivity index (χ0n) is 16.4. The number of rotatable bonds is 4. The summed E-state index contributed by atoms with van der Waals surface area (Å²) >= 11 is 0. The number of piperazine rings is 1. The molecule has 0 aromatic heterocycles. The first kappa shape index (κ1) is 19.9. The number of carbonyl (C=O) groups excluding carboxylic acids is 2. The van der Waals surface area contributed by atoms with Gasteiger partial charge in [0.25, 0.3) is 5.91 Å². The molecule has 1 heterocycles. The van der Waals surface area contributed by atoms with Gasteiger partial charge in [0.1, 0.15) is 17.4 Å². The van der Waals surface area contributed by atoms with Gasteiger partial charge >= 0.3 is 0 Å². The predicted octanol–water partition coefficient (Wildman–Crippen LogP) is 2.85. The molecule has 3 rings (SSSR count). The van der Waals surface area contributed by atoms with Gasteiger partial charge in [-0.25, -0.2) is 0 Å². The Bertz CT molecular complexity index is 782. The molecule has 6 nitrogen and oxygen atoms in total. The van der Waals surface area contributed by atoms with Crippen LogP contribution in [0.3, 0.4) is 0 Å². The fourth-order valence-corrected chi connectivity index (χ4v) is 3.95. The molecular weight excluding hydrogens is 354 g/mol. The lowest BCUT2D eigenvalue weighted by atomic mass is 9.88. The van der Waals surface area contributed by atoms with Crippen molar-refractivity contribution in [3.63, 3.8) is 0 Å². The smallest absolute Gasteiger partial charge is 0.264 e. The van der Waals surface area contributed by atoms with E-state index in [1.165, 1.54) is 6.42 Å². The quantitative estimate of drug-likeness (QED) is 0.594. The van der Waals surface area contributed by atoms with Crippen LogP contribution in [0.5, 0.6) is 5.75 Å². The Morgan fingerprint density at radius 3 is 2.43 bits per heavy atom. The Labute approximate surface area is 166 Å². The van der Waals surface area contributed by atoms with Gasteiger partial charge in [-0.2, -0.15) is 5.26 Å². The molecule has 28 heavy (non-hydrogen) atoms. The zero-order chi connectivity index (χ0) is 19.9. The summed E-state index contributed by atoms with van der Waals surface area (Å²) < 4.78 is 5.19. The van der Waals surface area contributed by atoms with E-state index in [2.05, 4.69) is 0 Å². The largest absolute Gasteiger partial charge is 0.497 e. The fourth-order valence-electron chi connectivity index (χ4n) is 3.95. The van der Waals surface area contributed by atoms with Crippen LogP contribution in [-0.4, -0.2) is 54.9 Å². The minimum Gasteiger partial charge on any atom is -0.497 e. The molecule has 0 unspecified atom stereocenters. The van der Waals surface area contributed by atoms with Crippen molar-refractivity contribution in [1.29, 1.82) is 5.26 Å². The van der Waals surface area contributed by atoms with Crippen LogP contribution in [0.25, 0.3) is 6.08 Å². The molecule has 1 aliphatic heterocycles. The van der Waals surface area contributed by atoms with Crippen molar-refractivity contribution < 1.29 is 14.3 Å². The average Bonchev–Trinajstić information content (AvgIpc) is 2.77. The lowest BCUT2D eigenvalue weighted by Gasteiger charge is -2.37. The van der Waals surface area contributed by atoms with Crippen LogP contribution >= 0.6 is 0 Å². The normalized spacial score (nSPS) is 18.5. The van der Waals surface area contributed by atoms with Gasteiger partial charge in [0.2, 0.25) is 5.91 Å². The van der Waals surface area contributed by atoms with Crippen LogP contribution in [0, 0.1) is 17.2 Å². The van der Waals surface area contributed by atoms with Crippen LogP contribution in [0.15, 0.2) is 29.8 Å². The molecule has 2 amide bonds. The minimum atomic E-state index is -0.282. The molecule has 1 saturated carbocycles. The van der Waals surface area contributed by atoms with Crippen LogP contribution in [-0.2, 0) is 9.59 Å². The van der Waals surface area contributed by atoms with E-state index in [1.807, 2.05) is 29.2 Å². The van der Waals surface area contributed by atoms with Gasteiger partial charge in [-0.05, 0) is 36.6 Å². The van der Waals surface area contributed by atoms with E-state index >= 15 is 0 Å². The number of carbonyl (C=O) groups is 2. The van der Waals surface area contributed by atoms with Gasteiger partial charge in [-0.1, -0.05) is 31.4 Å². The summed E-state index contributed by atoms with van der Waals surface area (Å²) in [7, 11) is 1.58. The second-order valence-corrected chi connectivity index (χ2v) is 7.40. The predicted molar refractivity (Wildman–Crippen MR) is 106 cm³/mol. The molecule has 0 spiro atoms. The van der Waals surface area contributed by atoms with Crippen molar-refractivity contribution >= 4 is 17.9 Å². The van der Waals surface area contributed by atoms with Gasteiger partial charge in [0.15, 0.2) is 0 Å². The van der Waals surface area contributed by atoms with Gasteiger partial charge in [0.05, 0.1) is 7.11 Å². The van der Waals surface area contributed by atoms with Crippen molar-refractivity contribution in [3.05, 3.63) is 35.4 Å². The Morgan fingerprint density at radius 1 is 1.11 bits per heavy atom. The van der Waals surface area contributed by atoms with Crippen LogP contribution < -0.4 is 4.74 Å². The first-order valence-electron chi connectivity index (χ1n) is 9.96. The molecule has 0 bridgehead atoms. The maximum atomic E-state index is 12.8. The highest BCUT2D eigenvalue weighted by Gasteiger charge is 2.30. The van der Waals surface area contributed by atoms with E-state index in [0.717, 1.165) is 31.2 Å². The number of methoxy groups -OCH3 is 1. The highest BCUT2D eigenvalue weighted by Crippen LogP contribution is 2.26. The average molecular weight is 381 g/mol. The number of nitriles is 1.